The van der Waals surface area contributed by atoms with Crippen LogP contribution in [0.4, 0.5) is 5.69 Å². The Morgan fingerprint density at radius 3 is 2.46 bits per heavy atom. The van der Waals surface area contributed by atoms with E-state index < -0.39 is 0 Å². The lowest BCUT2D eigenvalue weighted by Gasteiger charge is -2.08. The van der Waals surface area contributed by atoms with Crippen LogP contribution in [-0.4, -0.2) is 10.9 Å². The van der Waals surface area contributed by atoms with Crippen LogP contribution < -0.4 is 11.1 Å². The molecule has 1 amide bonds. The molecule has 0 unspecified atom stereocenters. The van der Waals surface area contributed by atoms with E-state index in [0.29, 0.717) is 34.1 Å². The van der Waals surface area contributed by atoms with Crippen molar-refractivity contribution in [1.82, 2.24) is 10.3 Å². The second kappa shape index (κ2) is 9.63. The highest BCUT2D eigenvalue weighted by Crippen LogP contribution is 2.26. The van der Waals surface area contributed by atoms with Gasteiger partial charge in [0.05, 0.1) is 6.20 Å². The number of nitrogen functional groups attached to an aromatic ring is 1. The number of rotatable bonds is 4. The number of oxazole rings is 1. The minimum Gasteiger partial charge on any atom is -0.443 e. The third kappa shape index (κ3) is 5.36. The van der Waals surface area contributed by atoms with Crippen LogP contribution in [0.3, 0.4) is 0 Å². The van der Waals surface area contributed by atoms with Crippen molar-refractivity contribution in [3.8, 4) is 11.3 Å². The van der Waals surface area contributed by atoms with Crippen LogP contribution in [0.15, 0.2) is 59.5 Å². The van der Waals surface area contributed by atoms with E-state index >= 15 is 0 Å². The van der Waals surface area contributed by atoms with Crippen molar-refractivity contribution < 1.29 is 9.21 Å². The molecule has 0 bridgehead atoms. The van der Waals surface area contributed by atoms with Gasteiger partial charge in [-0.2, -0.15) is 0 Å². The van der Waals surface area contributed by atoms with Crippen LogP contribution in [0.2, 0.25) is 5.02 Å². The lowest BCUT2D eigenvalue weighted by molar-refractivity contribution is 0.0951. The first kappa shape index (κ1) is 19.5. The van der Waals surface area contributed by atoms with Crippen molar-refractivity contribution in [3.63, 3.8) is 0 Å². The molecule has 0 fully saturated rings. The Morgan fingerprint density at radius 2 is 1.88 bits per heavy atom. The fraction of sp³-hybridized carbons (Fsp3) is 0.200. The fourth-order valence-electron chi connectivity index (χ4n) is 2.16. The highest BCUT2D eigenvalue weighted by atomic mass is 35.5. The Bertz CT molecular complexity index is 831. The third-order valence-corrected chi connectivity index (χ3v) is 3.63. The lowest BCUT2D eigenvalue weighted by Crippen LogP contribution is -2.22. The van der Waals surface area contributed by atoms with Crippen molar-refractivity contribution in [1.29, 1.82) is 0 Å². The third-order valence-electron chi connectivity index (χ3n) is 3.38. The molecular weight excluding hydrogens is 350 g/mol. The number of amides is 1. The number of nitrogens with two attached hydrogens (primary N) is 1. The summed E-state index contributed by atoms with van der Waals surface area (Å²) in [4.78, 5) is 16.1. The summed E-state index contributed by atoms with van der Waals surface area (Å²) in [6.07, 6.45) is 4.16. The molecule has 2 aromatic carbocycles. The molecule has 26 heavy (non-hydrogen) atoms. The van der Waals surface area contributed by atoms with Crippen molar-refractivity contribution in [2.75, 3.05) is 5.73 Å². The second-order valence-corrected chi connectivity index (χ2v) is 6.12. The SMILES string of the molecule is CCC.Nc1cc(C(=O)NCc2ccc(Cl)cc2)ccc1-c1cnco1. The molecule has 0 saturated carbocycles. The van der Waals surface area contributed by atoms with Gasteiger partial charge in [0.15, 0.2) is 12.2 Å². The van der Waals surface area contributed by atoms with Crippen molar-refractivity contribution in [2.24, 2.45) is 0 Å². The Hall–Kier alpha value is -2.79. The Labute approximate surface area is 158 Å². The maximum atomic E-state index is 12.2. The molecule has 1 aromatic heterocycles. The first-order valence-electron chi connectivity index (χ1n) is 8.36. The molecule has 6 heteroatoms. The normalized spacial score (nSPS) is 9.96. The van der Waals surface area contributed by atoms with Crippen LogP contribution in [0.1, 0.15) is 36.2 Å². The second-order valence-electron chi connectivity index (χ2n) is 5.68. The number of nitrogens with zero attached hydrogens (tertiary/aromatic N) is 1. The summed E-state index contributed by atoms with van der Waals surface area (Å²) in [7, 11) is 0. The average Bonchev–Trinajstić information content (AvgIpc) is 3.16. The van der Waals surface area contributed by atoms with Gasteiger partial charge in [0.25, 0.3) is 5.91 Å². The number of hydrogen-bond acceptors (Lipinski definition) is 4. The summed E-state index contributed by atoms with van der Waals surface area (Å²) < 4.78 is 5.21. The van der Waals surface area contributed by atoms with Crippen LogP contribution >= 0.6 is 11.6 Å². The van der Waals surface area contributed by atoms with E-state index in [2.05, 4.69) is 24.1 Å². The zero-order chi connectivity index (χ0) is 18.9. The molecule has 0 aliphatic carbocycles. The molecule has 0 radical (unpaired) electrons. The largest absolute Gasteiger partial charge is 0.443 e. The minimum atomic E-state index is -0.198. The molecule has 0 aliphatic rings. The van der Waals surface area contributed by atoms with E-state index in [0.717, 1.165) is 5.56 Å². The maximum absolute atomic E-state index is 12.2. The molecule has 3 aromatic rings. The van der Waals surface area contributed by atoms with Crippen LogP contribution in [-0.2, 0) is 6.54 Å². The highest BCUT2D eigenvalue weighted by molar-refractivity contribution is 6.30. The van der Waals surface area contributed by atoms with E-state index in [-0.39, 0.29) is 5.91 Å². The van der Waals surface area contributed by atoms with Gasteiger partial charge in [-0.1, -0.05) is 44.0 Å². The molecule has 1 heterocycles. The molecule has 0 saturated heterocycles. The zero-order valence-corrected chi connectivity index (χ0v) is 15.6. The monoisotopic (exact) mass is 371 g/mol. The zero-order valence-electron chi connectivity index (χ0n) is 14.8. The van der Waals surface area contributed by atoms with Gasteiger partial charge in [0.1, 0.15) is 0 Å². The van der Waals surface area contributed by atoms with E-state index in [9.17, 15) is 4.79 Å². The Balaban J connectivity index is 0.000000758. The summed E-state index contributed by atoms with van der Waals surface area (Å²) in [6, 6.07) is 12.4. The molecule has 3 rings (SSSR count). The predicted molar refractivity (Wildman–Crippen MR) is 105 cm³/mol. The van der Waals surface area contributed by atoms with Gasteiger partial charge in [-0.25, -0.2) is 4.98 Å². The predicted octanol–water partition coefficient (Wildman–Crippen LogP) is 4.92. The van der Waals surface area contributed by atoms with Gasteiger partial charge in [0.2, 0.25) is 0 Å². The number of carbonyl (C=O) groups excluding carboxylic acids is 1. The number of aromatic nitrogens is 1. The molecule has 0 atom stereocenters. The minimum absolute atomic E-state index is 0.198. The van der Waals surface area contributed by atoms with Gasteiger partial charge in [-0.15, -0.1) is 0 Å². The van der Waals surface area contributed by atoms with Crippen LogP contribution in [0, 0.1) is 0 Å². The fourth-order valence-corrected chi connectivity index (χ4v) is 2.29. The number of benzene rings is 2. The number of halogens is 1. The topological polar surface area (TPSA) is 81.2 Å². The summed E-state index contributed by atoms with van der Waals surface area (Å²) in [5.41, 5.74) is 8.61. The smallest absolute Gasteiger partial charge is 0.251 e. The van der Waals surface area contributed by atoms with Gasteiger partial charge in [-0.3, -0.25) is 4.79 Å². The summed E-state index contributed by atoms with van der Waals surface area (Å²) >= 11 is 5.83. The number of anilines is 1. The number of nitrogens with one attached hydrogen (secondary N) is 1. The van der Waals surface area contributed by atoms with Crippen molar-refractivity contribution in [2.45, 2.75) is 26.8 Å². The van der Waals surface area contributed by atoms with Crippen LogP contribution in [0.5, 0.6) is 0 Å². The first-order chi connectivity index (χ1) is 12.5. The standard InChI is InChI=1S/C17H14ClN3O2.C3H8/c18-13-4-1-11(2-5-13)8-21-17(22)12-3-6-14(15(19)7-12)16-9-20-10-23-16;1-3-2/h1-7,9-10H,8,19H2,(H,21,22);3H2,1-2H3. The number of carbonyl (C=O) groups is 1. The van der Waals surface area contributed by atoms with Gasteiger partial charge >= 0.3 is 0 Å². The van der Waals surface area contributed by atoms with E-state index in [1.54, 1.807) is 36.5 Å². The van der Waals surface area contributed by atoms with E-state index in [1.165, 1.54) is 12.8 Å². The molecule has 0 spiro atoms. The Kier molecular flexibility index (Phi) is 7.24. The van der Waals surface area contributed by atoms with Gasteiger partial charge in [-0.05, 0) is 35.9 Å². The Morgan fingerprint density at radius 1 is 1.19 bits per heavy atom. The first-order valence-corrected chi connectivity index (χ1v) is 8.74. The average molecular weight is 372 g/mol. The lowest BCUT2D eigenvalue weighted by atomic mass is 10.1. The van der Waals surface area contributed by atoms with Gasteiger partial charge in [0, 0.05) is 28.4 Å². The molecule has 3 N–H and O–H groups in total. The van der Waals surface area contributed by atoms with Crippen LogP contribution in [0.25, 0.3) is 11.3 Å². The van der Waals surface area contributed by atoms with Crippen molar-refractivity contribution in [3.05, 3.63) is 71.2 Å². The summed E-state index contributed by atoms with van der Waals surface area (Å²) in [5, 5.41) is 3.51. The molecular formula is C20H22ClN3O2. The van der Waals surface area contributed by atoms with E-state index in [4.69, 9.17) is 21.8 Å². The summed E-state index contributed by atoms with van der Waals surface area (Å²) in [6.45, 7) is 4.67. The molecule has 136 valence electrons. The summed E-state index contributed by atoms with van der Waals surface area (Å²) in [5.74, 6) is 0.367. The molecule has 5 nitrogen and oxygen atoms in total. The maximum Gasteiger partial charge on any atom is 0.251 e. The molecule has 0 aliphatic heterocycles. The van der Waals surface area contributed by atoms with Crippen molar-refractivity contribution >= 4 is 23.2 Å². The van der Waals surface area contributed by atoms with E-state index in [1.807, 2.05) is 12.1 Å². The van der Waals surface area contributed by atoms with Gasteiger partial charge < -0.3 is 15.5 Å². The highest BCUT2D eigenvalue weighted by Gasteiger charge is 2.11. The quantitative estimate of drug-likeness (QED) is 0.637. The number of hydrogen-bond donors (Lipinski definition) is 2.